The number of nitrogens with zero attached hydrogens (tertiary/aromatic N) is 4. The van der Waals surface area contributed by atoms with Gasteiger partial charge in [-0.15, -0.1) is 11.6 Å². The number of hydrogen-bond acceptors (Lipinski definition) is 10. The van der Waals surface area contributed by atoms with Crippen LogP contribution in [0, 0.1) is 0 Å². The number of hydrogen-bond donors (Lipinski definition) is 6. The molecule has 228 valence electrons. The number of aromatic amines is 1. The van der Waals surface area contributed by atoms with Crippen LogP contribution >= 0.6 is 23.2 Å². The number of rotatable bonds is 13. The standard InChI is InChI=1S/C23H29Cl2F5N8O3/c1-4-11(24)17(16(25)9(2)7-32-20(40)13-6-14(23(28,29)30)37-38(13)3)34-22-33-12-5-10(18(31)39)21(35-19(12)36-22)41-8-15(26)27/h5,11,13,15,18,20,32,39-40H,2,4,6-8,31H2,1,3H3,(H2,33,34,35,36)/b17-16-. The molecule has 0 aromatic carbocycles. The number of ether oxygens (including phenoxy) is 1. The van der Waals surface area contributed by atoms with E-state index in [0.29, 0.717) is 6.42 Å². The van der Waals surface area contributed by atoms with Crippen LogP contribution < -0.4 is 21.1 Å². The fourth-order valence-corrected chi connectivity index (χ4v) is 4.29. The number of nitrogens with two attached hydrogens (primary N) is 1. The number of aliphatic hydroxyl groups excluding tert-OH is 2. The van der Waals surface area contributed by atoms with E-state index in [2.05, 4.69) is 37.3 Å². The third kappa shape index (κ3) is 8.17. The number of pyridine rings is 1. The van der Waals surface area contributed by atoms with E-state index in [9.17, 15) is 32.2 Å². The minimum Gasteiger partial charge on any atom is -0.471 e. The Morgan fingerprint density at radius 1 is 1.34 bits per heavy atom. The summed E-state index contributed by atoms with van der Waals surface area (Å²) in [5, 5.41) is 29.8. The van der Waals surface area contributed by atoms with E-state index >= 15 is 0 Å². The van der Waals surface area contributed by atoms with Crippen molar-refractivity contribution in [2.45, 2.75) is 56.2 Å². The van der Waals surface area contributed by atoms with Crippen LogP contribution in [0.4, 0.5) is 27.9 Å². The summed E-state index contributed by atoms with van der Waals surface area (Å²) in [4.78, 5) is 11.2. The molecule has 0 radical (unpaired) electrons. The SMILES string of the molecule is C=C(CNC(O)C1CC(C(F)(F)F)=NN1C)/C(Cl)=C(/Nc1nc2nc(OCC(F)F)c(C(N)O)cc2[nH]1)C(Cl)CC. The van der Waals surface area contributed by atoms with Crippen LogP contribution in [0.15, 0.2) is 34.0 Å². The number of H-pyrrole nitrogens is 1. The molecule has 0 bridgehead atoms. The van der Waals surface area contributed by atoms with Gasteiger partial charge in [-0.25, -0.2) is 8.78 Å². The number of likely N-dealkylation sites (N-methyl/N-ethyl adjacent to an activating group) is 1. The molecule has 0 saturated carbocycles. The number of halogens is 7. The Balaban J connectivity index is 1.78. The molecule has 3 rings (SSSR count). The molecule has 2 aromatic heterocycles. The van der Waals surface area contributed by atoms with Crippen LogP contribution in [0.1, 0.15) is 31.6 Å². The molecule has 0 fully saturated rings. The molecule has 0 amide bonds. The van der Waals surface area contributed by atoms with E-state index in [1.54, 1.807) is 6.92 Å². The van der Waals surface area contributed by atoms with Crippen LogP contribution in [0.3, 0.4) is 0 Å². The van der Waals surface area contributed by atoms with E-state index in [-0.39, 0.29) is 51.4 Å². The molecular formula is C23H29Cl2F5N8O3. The highest BCUT2D eigenvalue weighted by Crippen LogP contribution is 2.30. The van der Waals surface area contributed by atoms with Crippen molar-refractivity contribution in [3.05, 3.63) is 34.5 Å². The Morgan fingerprint density at radius 2 is 2.02 bits per heavy atom. The topological polar surface area (TPSA) is 157 Å². The van der Waals surface area contributed by atoms with Gasteiger partial charge in [-0.2, -0.15) is 28.2 Å². The van der Waals surface area contributed by atoms with Crippen molar-refractivity contribution in [3.8, 4) is 5.88 Å². The third-order valence-electron chi connectivity index (χ3n) is 5.98. The second-order valence-electron chi connectivity index (χ2n) is 9.03. The predicted molar refractivity (Wildman–Crippen MR) is 144 cm³/mol. The molecule has 2 aromatic rings. The zero-order valence-corrected chi connectivity index (χ0v) is 23.3. The molecule has 0 saturated heterocycles. The Morgan fingerprint density at radius 3 is 2.59 bits per heavy atom. The summed E-state index contributed by atoms with van der Waals surface area (Å²) < 4.78 is 69.2. The number of fused-ring (bicyclic) bond motifs is 1. The average molecular weight is 631 g/mol. The van der Waals surface area contributed by atoms with Crippen LogP contribution in [0.2, 0.25) is 0 Å². The molecule has 4 unspecified atom stereocenters. The Kier molecular flexibility index (Phi) is 10.8. The molecular weight excluding hydrogens is 602 g/mol. The van der Waals surface area contributed by atoms with Crippen LogP contribution in [-0.2, 0) is 0 Å². The first-order valence-electron chi connectivity index (χ1n) is 12.1. The summed E-state index contributed by atoms with van der Waals surface area (Å²) in [6, 6.07) is 0.374. The van der Waals surface area contributed by atoms with Gasteiger partial charge in [0, 0.05) is 20.0 Å². The quantitative estimate of drug-likeness (QED) is 0.0843. The summed E-state index contributed by atoms with van der Waals surface area (Å²) >= 11 is 13.1. The van der Waals surface area contributed by atoms with Crippen molar-refractivity contribution in [2.75, 3.05) is 25.5 Å². The summed E-state index contributed by atoms with van der Waals surface area (Å²) in [6.07, 6.45) is -10.5. The van der Waals surface area contributed by atoms with Crippen LogP contribution in [0.25, 0.3) is 11.2 Å². The Labute approximate surface area is 241 Å². The van der Waals surface area contributed by atoms with Gasteiger partial charge in [0.05, 0.1) is 33.2 Å². The summed E-state index contributed by atoms with van der Waals surface area (Å²) in [6.45, 7) is 4.57. The van der Waals surface area contributed by atoms with Gasteiger partial charge in [-0.05, 0) is 18.1 Å². The summed E-state index contributed by atoms with van der Waals surface area (Å²) in [5.41, 5.74) is 5.29. The highest BCUT2D eigenvalue weighted by molar-refractivity contribution is 6.34. The van der Waals surface area contributed by atoms with Crippen molar-refractivity contribution in [3.63, 3.8) is 0 Å². The van der Waals surface area contributed by atoms with Crippen molar-refractivity contribution in [2.24, 2.45) is 10.8 Å². The van der Waals surface area contributed by atoms with E-state index in [0.717, 1.165) is 5.01 Å². The molecule has 7 N–H and O–H groups in total. The van der Waals surface area contributed by atoms with Gasteiger partial charge in [-0.3, -0.25) is 10.3 Å². The summed E-state index contributed by atoms with van der Waals surface area (Å²) in [7, 11) is 1.32. The van der Waals surface area contributed by atoms with Crippen molar-refractivity contribution in [1.29, 1.82) is 0 Å². The maximum absolute atomic E-state index is 13.0. The van der Waals surface area contributed by atoms with E-state index in [4.69, 9.17) is 33.7 Å². The average Bonchev–Trinajstić information content (AvgIpc) is 3.49. The van der Waals surface area contributed by atoms with E-state index in [1.807, 2.05) is 0 Å². The Bertz CT molecular complexity index is 1300. The monoisotopic (exact) mass is 630 g/mol. The second kappa shape index (κ2) is 13.5. The molecule has 0 spiro atoms. The first-order chi connectivity index (χ1) is 19.1. The smallest absolute Gasteiger partial charge is 0.431 e. The first-order valence-corrected chi connectivity index (χ1v) is 13.0. The van der Waals surface area contributed by atoms with Gasteiger partial charge in [0.15, 0.2) is 12.3 Å². The maximum Gasteiger partial charge on any atom is 0.431 e. The molecule has 1 aliphatic rings. The number of alkyl halides is 6. The number of aliphatic hydroxyl groups is 2. The highest BCUT2D eigenvalue weighted by atomic mass is 35.5. The highest BCUT2D eigenvalue weighted by Gasteiger charge is 2.43. The van der Waals surface area contributed by atoms with Gasteiger partial charge in [0.25, 0.3) is 6.43 Å². The van der Waals surface area contributed by atoms with Gasteiger partial charge in [0.2, 0.25) is 11.8 Å². The lowest BCUT2D eigenvalue weighted by molar-refractivity contribution is -0.0603. The molecule has 1 aliphatic heterocycles. The van der Waals surface area contributed by atoms with Crippen molar-refractivity contribution < 1.29 is 36.9 Å². The molecule has 41 heavy (non-hydrogen) atoms. The Hall–Kier alpha value is -2.76. The minimum atomic E-state index is -4.60. The summed E-state index contributed by atoms with van der Waals surface area (Å²) in [5.74, 6) is -0.226. The maximum atomic E-state index is 13.0. The molecule has 3 heterocycles. The number of hydrazone groups is 1. The van der Waals surface area contributed by atoms with Gasteiger partial charge in [0.1, 0.15) is 18.2 Å². The third-order valence-corrected chi connectivity index (χ3v) is 6.98. The number of anilines is 1. The molecule has 18 heteroatoms. The van der Waals surface area contributed by atoms with Crippen molar-refractivity contribution >= 4 is 46.0 Å². The van der Waals surface area contributed by atoms with Gasteiger partial charge < -0.3 is 31.0 Å². The van der Waals surface area contributed by atoms with Crippen LogP contribution in [0.5, 0.6) is 5.88 Å². The second-order valence-corrected chi connectivity index (χ2v) is 9.94. The predicted octanol–water partition coefficient (Wildman–Crippen LogP) is 3.52. The minimum absolute atomic E-state index is 0.0454. The number of aromatic nitrogens is 3. The number of imidazole rings is 1. The first kappa shape index (κ1) is 32.8. The van der Waals surface area contributed by atoms with E-state index in [1.165, 1.54) is 13.1 Å². The lowest BCUT2D eigenvalue weighted by Crippen LogP contribution is -2.46. The van der Waals surface area contributed by atoms with Gasteiger partial charge >= 0.3 is 6.18 Å². The van der Waals surface area contributed by atoms with Crippen molar-refractivity contribution in [1.82, 2.24) is 25.3 Å². The molecule has 11 nitrogen and oxygen atoms in total. The zero-order valence-electron chi connectivity index (χ0n) is 21.8. The van der Waals surface area contributed by atoms with Gasteiger partial charge in [-0.1, -0.05) is 25.1 Å². The molecule has 4 atom stereocenters. The number of allylic oxidation sites excluding steroid dienone is 1. The lowest BCUT2D eigenvalue weighted by Gasteiger charge is -2.26. The zero-order chi connectivity index (χ0) is 30.6. The fourth-order valence-electron chi connectivity index (χ4n) is 3.83. The number of nitrogens with one attached hydrogen (secondary N) is 3. The van der Waals surface area contributed by atoms with Crippen LogP contribution in [-0.4, -0.2) is 86.3 Å². The van der Waals surface area contributed by atoms with E-state index < -0.39 is 55.2 Å². The normalized spacial score (nSPS) is 18.8. The largest absolute Gasteiger partial charge is 0.471 e. The molecule has 0 aliphatic carbocycles. The fraction of sp³-hybridized carbons (Fsp3) is 0.522. The lowest BCUT2D eigenvalue weighted by atomic mass is 10.1.